The van der Waals surface area contributed by atoms with Crippen molar-refractivity contribution < 1.29 is 13.2 Å². The van der Waals surface area contributed by atoms with E-state index >= 15 is 0 Å². The van der Waals surface area contributed by atoms with Crippen LogP contribution in [0.25, 0.3) is 11.0 Å². The van der Waals surface area contributed by atoms with Crippen molar-refractivity contribution in [2.75, 3.05) is 11.3 Å². The van der Waals surface area contributed by atoms with E-state index in [1.54, 1.807) is 23.1 Å². The Kier molecular flexibility index (Phi) is 6.26. The lowest BCUT2D eigenvalue weighted by molar-refractivity contribution is 0.0752. The van der Waals surface area contributed by atoms with Crippen LogP contribution in [0.15, 0.2) is 76.4 Å². The molecule has 0 saturated carbocycles. The number of aromatic nitrogens is 2. The van der Waals surface area contributed by atoms with Crippen LogP contribution in [0.3, 0.4) is 0 Å². The number of amides is 1. The van der Waals surface area contributed by atoms with Gasteiger partial charge in [0.05, 0.1) is 15.9 Å². The Morgan fingerprint density at radius 3 is 2.39 bits per heavy atom. The molecule has 0 atom stereocenters. The van der Waals surface area contributed by atoms with E-state index in [-0.39, 0.29) is 10.8 Å². The first-order chi connectivity index (χ1) is 15.8. The molecule has 4 rings (SSSR count). The number of aromatic amines is 2. The second kappa shape index (κ2) is 9.13. The van der Waals surface area contributed by atoms with E-state index < -0.39 is 15.7 Å². The monoisotopic (exact) mass is 484 g/mol. The number of H-pyrrole nitrogens is 2. The number of anilines is 1. The zero-order valence-electron chi connectivity index (χ0n) is 17.6. The number of nitrogens with zero attached hydrogens (tertiary/aromatic N) is 1. The number of halogens is 1. The zero-order valence-corrected chi connectivity index (χ0v) is 19.2. The normalized spacial score (nSPS) is 11.5. The molecule has 0 radical (unpaired) electrons. The minimum absolute atomic E-state index is 0.00213. The number of hydrogen-bond acceptors (Lipinski definition) is 4. The summed E-state index contributed by atoms with van der Waals surface area (Å²) < 4.78 is 28.0. The molecule has 33 heavy (non-hydrogen) atoms. The van der Waals surface area contributed by atoms with Gasteiger partial charge in [0.2, 0.25) is 0 Å². The first kappa shape index (κ1) is 22.6. The van der Waals surface area contributed by atoms with Crippen LogP contribution in [-0.4, -0.2) is 35.7 Å². The van der Waals surface area contributed by atoms with Gasteiger partial charge in [-0.15, -0.1) is 0 Å². The number of carbonyl (C=O) groups is 1. The number of rotatable bonds is 7. The van der Waals surface area contributed by atoms with Crippen LogP contribution in [0.2, 0.25) is 5.02 Å². The number of carbonyl (C=O) groups excluding carboxylic acids is 1. The Morgan fingerprint density at radius 1 is 1.00 bits per heavy atom. The molecule has 8 nitrogen and oxygen atoms in total. The van der Waals surface area contributed by atoms with Crippen LogP contribution in [0, 0.1) is 0 Å². The van der Waals surface area contributed by atoms with Crippen LogP contribution in [-0.2, 0) is 16.6 Å². The number of sulfonamides is 1. The molecule has 0 spiro atoms. The lowest BCUT2D eigenvalue weighted by Crippen LogP contribution is -2.30. The van der Waals surface area contributed by atoms with E-state index in [1.165, 1.54) is 30.3 Å². The lowest BCUT2D eigenvalue weighted by atomic mass is 10.1. The van der Waals surface area contributed by atoms with Gasteiger partial charge in [-0.3, -0.25) is 9.52 Å². The maximum absolute atomic E-state index is 12.9. The molecule has 1 amide bonds. The van der Waals surface area contributed by atoms with Crippen LogP contribution in [0.4, 0.5) is 5.69 Å². The predicted molar refractivity (Wildman–Crippen MR) is 128 cm³/mol. The summed E-state index contributed by atoms with van der Waals surface area (Å²) in [5, 5.41) is 0.593. The standard InChI is InChI=1S/C23H21ClN4O4S/c1-2-28(14-16-5-3-4-6-19(16)24)22(29)15-7-9-17(10-8-15)27-33(31,32)18-11-12-20-21(13-18)26-23(30)25-20/h3-13,27H,2,14H2,1H3,(H2,25,26,30). The maximum Gasteiger partial charge on any atom is 0.323 e. The van der Waals surface area contributed by atoms with Crippen LogP contribution < -0.4 is 10.4 Å². The van der Waals surface area contributed by atoms with Gasteiger partial charge in [-0.1, -0.05) is 29.8 Å². The van der Waals surface area contributed by atoms with E-state index in [4.69, 9.17) is 11.6 Å². The Labute approximate surface area is 195 Å². The van der Waals surface area contributed by atoms with Gasteiger partial charge in [0.25, 0.3) is 15.9 Å². The molecule has 0 aliphatic rings. The van der Waals surface area contributed by atoms with E-state index in [2.05, 4.69) is 14.7 Å². The number of imidazole rings is 1. The highest BCUT2D eigenvalue weighted by molar-refractivity contribution is 7.92. The smallest absolute Gasteiger partial charge is 0.323 e. The fraction of sp³-hybridized carbons (Fsp3) is 0.130. The highest BCUT2D eigenvalue weighted by Crippen LogP contribution is 2.21. The summed E-state index contributed by atoms with van der Waals surface area (Å²) in [7, 11) is -3.89. The third kappa shape index (κ3) is 4.94. The van der Waals surface area contributed by atoms with E-state index in [9.17, 15) is 18.0 Å². The fourth-order valence-corrected chi connectivity index (χ4v) is 4.70. The van der Waals surface area contributed by atoms with Crippen molar-refractivity contribution in [3.05, 3.63) is 93.4 Å². The highest BCUT2D eigenvalue weighted by Gasteiger charge is 2.18. The molecule has 1 aromatic heterocycles. The van der Waals surface area contributed by atoms with Crippen LogP contribution >= 0.6 is 11.6 Å². The van der Waals surface area contributed by atoms with Crippen molar-refractivity contribution in [3.63, 3.8) is 0 Å². The molecule has 0 aliphatic carbocycles. The van der Waals surface area contributed by atoms with Gasteiger partial charge in [-0.25, -0.2) is 13.2 Å². The first-order valence-electron chi connectivity index (χ1n) is 10.1. The largest absolute Gasteiger partial charge is 0.335 e. The van der Waals surface area contributed by atoms with E-state index in [0.29, 0.717) is 40.4 Å². The minimum atomic E-state index is -3.89. The van der Waals surface area contributed by atoms with Gasteiger partial charge in [-0.2, -0.15) is 0 Å². The summed E-state index contributed by atoms with van der Waals surface area (Å²) in [4.78, 5) is 31.1. The summed E-state index contributed by atoms with van der Waals surface area (Å²) >= 11 is 6.22. The molecule has 4 aromatic rings. The second-order valence-electron chi connectivity index (χ2n) is 7.38. The highest BCUT2D eigenvalue weighted by atomic mass is 35.5. The number of fused-ring (bicyclic) bond motifs is 1. The predicted octanol–water partition coefficient (Wildman–Crippen LogP) is 3.97. The summed E-state index contributed by atoms with van der Waals surface area (Å²) in [6.45, 7) is 2.74. The molecule has 170 valence electrons. The average Bonchev–Trinajstić information content (AvgIpc) is 3.17. The fourth-order valence-electron chi connectivity index (χ4n) is 3.42. The lowest BCUT2D eigenvalue weighted by Gasteiger charge is -2.22. The average molecular weight is 485 g/mol. The molecule has 3 aromatic carbocycles. The number of nitrogens with one attached hydrogen (secondary N) is 3. The molecular weight excluding hydrogens is 464 g/mol. The van der Waals surface area contributed by atoms with Gasteiger partial charge in [0.15, 0.2) is 0 Å². The molecule has 0 aliphatic heterocycles. The number of benzene rings is 3. The SMILES string of the molecule is CCN(Cc1ccccc1Cl)C(=O)c1ccc(NS(=O)(=O)c2ccc3[nH]c(=O)[nH]c3c2)cc1. The van der Waals surface area contributed by atoms with Crippen molar-refractivity contribution in [1.82, 2.24) is 14.9 Å². The third-order valence-corrected chi connectivity index (χ3v) is 6.92. The minimum Gasteiger partial charge on any atom is -0.335 e. The van der Waals surface area contributed by atoms with Gasteiger partial charge in [-0.05, 0) is 61.0 Å². The molecule has 0 saturated heterocycles. The van der Waals surface area contributed by atoms with Crippen molar-refractivity contribution in [2.24, 2.45) is 0 Å². The van der Waals surface area contributed by atoms with E-state index in [1.807, 2.05) is 25.1 Å². The zero-order chi connectivity index (χ0) is 23.6. The molecule has 10 heteroatoms. The quantitative estimate of drug-likeness (QED) is 0.368. The summed E-state index contributed by atoms with van der Waals surface area (Å²) in [6, 6.07) is 17.9. The Morgan fingerprint density at radius 2 is 1.70 bits per heavy atom. The van der Waals surface area contributed by atoms with Crippen molar-refractivity contribution in [2.45, 2.75) is 18.4 Å². The summed E-state index contributed by atoms with van der Waals surface area (Å²) in [5.74, 6) is -0.186. The van der Waals surface area contributed by atoms with Gasteiger partial charge in [0, 0.05) is 29.4 Å². The Hall–Kier alpha value is -3.56. The van der Waals surface area contributed by atoms with Crippen molar-refractivity contribution in [1.29, 1.82) is 0 Å². The maximum atomic E-state index is 12.9. The second-order valence-corrected chi connectivity index (χ2v) is 9.47. The van der Waals surface area contributed by atoms with Crippen molar-refractivity contribution >= 4 is 44.3 Å². The molecule has 0 bridgehead atoms. The summed E-state index contributed by atoms with van der Waals surface area (Å²) in [5.41, 5.74) is 2.07. The molecule has 0 fully saturated rings. The third-order valence-electron chi connectivity index (χ3n) is 5.17. The molecule has 1 heterocycles. The molecular formula is C23H21ClN4O4S. The van der Waals surface area contributed by atoms with Gasteiger partial charge in [0.1, 0.15) is 0 Å². The van der Waals surface area contributed by atoms with Gasteiger partial charge >= 0.3 is 5.69 Å². The topological polar surface area (TPSA) is 115 Å². The number of hydrogen-bond donors (Lipinski definition) is 3. The van der Waals surface area contributed by atoms with Crippen molar-refractivity contribution in [3.8, 4) is 0 Å². The Bertz CT molecular complexity index is 1480. The van der Waals surface area contributed by atoms with Crippen LogP contribution in [0.1, 0.15) is 22.8 Å². The molecule has 3 N–H and O–H groups in total. The van der Waals surface area contributed by atoms with Gasteiger partial charge < -0.3 is 14.9 Å². The molecule has 0 unspecified atom stereocenters. The van der Waals surface area contributed by atoms with Crippen LogP contribution in [0.5, 0.6) is 0 Å². The first-order valence-corrected chi connectivity index (χ1v) is 12.0. The summed E-state index contributed by atoms with van der Waals surface area (Å²) in [6.07, 6.45) is 0. The van der Waals surface area contributed by atoms with E-state index in [0.717, 1.165) is 5.56 Å². The Balaban J connectivity index is 1.50.